The van der Waals surface area contributed by atoms with Crippen molar-refractivity contribution in [3.8, 4) is 0 Å². The van der Waals surface area contributed by atoms with Crippen LogP contribution in [0.25, 0.3) is 0 Å². The van der Waals surface area contributed by atoms with Crippen molar-refractivity contribution in [2.24, 2.45) is 51.8 Å². The molecule has 0 aromatic rings. The topological polar surface area (TPSA) is 20.2 Å². The Morgan fingerprint density at radius 3 is 2.42 bits per heavy atom. The summed E-state index contributed by atoms with van der Waals surface area (Å²) < 4.78 is 0. The van der Waals surface area contributed by atoms with E-state index in [4.69, 9.17) is 0 Å². The molecule has 0 amide bonds. The number of rotatable bonds is 4. The zero-order valence-electron chi connectivity index (χ0n) is 22.1. The predicted octanol–water partition coefficient (Wildman–Crippen LogP) is 8.41. The summed E-state index contributed by atoms with van der Waals surface area (Å²) in [5, 5.41) is 11.1. The Kier molecular flexibility index (Phi) is 6.07. The average Bonchev–Trinajstić information content (AvgIpc) is 3.04. The van der Waals surface area contributed by atoms with E-state index in [0.29, 0.717) is 22.2 Å². The molecule has 0 aliphatic heterocycles. The highest BCUT2D eigenvalue weighted by Crippen LogP contribution is 2.68. The van der Waals surface area contributed by atoms with E-state index >= 15 is 0 Å². The van der Waals surface area contributed by atoms with Gasteiger partial charge in [0.2, 0.25) is 0 Å². The molecule has 0 heterocycles. The van der Waals surface area contributed by atoms with Gasteiger partial charge in [-0.25, -0.2) is 0 Å². The second kappa shape index (κ2) is 7.89. The van der Waals surface area contributed by atoms with Crippen molar-refractivity contribution in [2.75, 3.05) is 0 Å². The molecular formula is C30H52O. The Morgan fingerprint density at radius 1 is 1.06 bits per heavy atom. The van der Waals surface area contributed by atoms with Crippen molar-refractivity contribution < 1.29 is 5.11 Å². The van der Waals surface area contributed by atoms with Crippen LogP contribution in [0.5, 0.6) is 0 Å². The van der Waals surface area contributed by atoms with E-state index in [9.17, 15) is 5.11 Å². The Hall–Kier alpha value is -0.300. The summed E-state index contributed by atoms with van der Waals surface area (Å²) in [4.78, 5) is 0. The van der Waals surface area contributed by atoms with E-state index in [0.717, 1.165) is 48.9 Å². The van der Waals surface area contributed by atoms with Crippen molar-refractivity contribution in [3.63, 3.8) is 0 Å². The van der Waals surface area contributed by atoms with Gasteiger partial charge in [0.05, 0.1) is 5.60 Å². The van der Waals surface area contributed by atoms with Gasteiger partial charge in [-0.1, -0.05) is 67.0 Å². The highest BCUT2D eigenvalue weighted by Gasteiger charge is 2.61. The fourth-order valence-electron chi connectivity index (χ4n) is 9.21. The molecule has 0 aromatic heterocycles. The van der Waals surface area contributed by atoms with E-state index in [-0.39, 0.29) is 0 Å². The van der Waals surface area contributed by atoms with Crippen LogP contribution in [-0.4, -0.2) is 10.7 Å². The first-order valence-electron chi connectivity index (χ1n) is 13.8. The normalized spacial score (nSPS) is 48.4. The molecule has 4 rings (SSSR count). The second-order valence-corrected chi connectivity index (χ2v) is 14.3. The van der Waals surface area contributed by atoms with E-state index in [2.05, 4.69) is 61.5 Å². The Morgan fingerprint density at radius 2 is 1.77 bits per heavy atom. The van der Waals surface area contributed by atoms with Gasteiger partial charge in [-0.05, 0) is 116 Å². The summed E-state index contributed by atoms with van der Waals surface area (Å²) >= 11 is 0. The Bertz CT molecular complexity index is 700. The fraction of sp³-hybridized carbons (Fsp3) is 0.933. The zero-order chi connectivity index (χ0) is 22.8. The molecule has 4 aliphatic carbocycles. The first-order chi connectivity index (χ1) is 14.3. The summed E-state index contributed by atoms with van der Waals surface area (Å²) in [6.45, 7) is 19.8. The van der Waals surface area contributed by atoms with Crippen LogP contribution in [0.4, 0.5) is 0 Å². The van der Waals surface area contributed by atoms with Crippen molar-refractivity contribution in [1.29, 1.82) is 0 Å². The summed E-state index contributed by atoms with van der Waals surface area (Å²) in [5.41, 5.74) is 2.53. The number of aliphatic hydroxyl groups is 1. The van der Waals surface area contributed by atoms with Crippen molar-refractivity contribution in [1.82, 2.24) is 0 Å². The molecule has 9 atom stereocenters. The zero-order valence-corrected chi connectivity index (χ0v) is 22.1. The van der Waals surface area contributed by atoms with Gasteiger partial charge in [0, 0.05) is 0 Å². The molecule has 178 valence electrons. The largest absolute Gasteiger partial charge is 0.390 e. The van der Waals surface area contributed by atoms with Crippen LogP contribution < -0.4 is 0 Å². The van der Waals surface area contributed by atoms with Gasteiger partial charge < -0.3 is 5.11 Å². The SMILES string of the molecule is CC[C@]1(O)CC[C@@]2(C)C(=C[C@H](C)[C@H]3[C@@H]4CC[C@H]([C@H](C)CCC(C)(C)C)[C@@]4(C)CC[C@@H]32)C1. The lowest BCUT2D eigenvalue weighted by atomic mass is 9.44. The molecule has 0 unspecified atom stereocenters. The summed E-state index contributed by atoms with van der Waals surface area (Å²) in [6.07, 6.45) is 15.2. The van der Waals surface area contributed by atoms with Crippen LogP contribution in [0.15, 0.2) is 11.6 Å². The molecule has 3 saturated carbocycles. The molecule has 31 heavy (non-hydrogen) atoms. The number of hydrogen-bond donors (Lipinski definition) is 1. The van der Waals surface area contributed by atoms with E-state index in [1.807, 2.05) is 0 Å². The minimum absolute atomic E-state index is 0.343. The lowest BCUT2D eigenvalue weighted by Crippen LogP contribution is -2.54. The maximum Gasteiger partial charge on any atom is 0.0682 e. The molecule has 0 spiro atoms. The minimum Gasteiger partial charge on any atom is -0.390 e. The van der Waals surface area contributed by atoms with Gasteiger partial charge in [0.25, 0.3) is 0 Å². The standard InChI is InChI=1S/C30H52O/c1-9-30(31)17-16-28(7)22(19-30)18-21(3)26-24-11-10-23(20(2)12-14-27(4,5)6)29(24,8)15-13-25(26)28/h18,20-21,23-26,31H,9-17,19H2,1-8H3/t20-,21+,23-,24+,25+,26+,28+,29-,30+/m1/s1. The highest BCUT2D eigenvalue weighted by molar-refractivity contribution is 5.28. The average molecular weight is 429 g/mol. The van der Waals surface area contributed by atoms with Crippen LogP contribution in [0.2, 0.25) is 0 Å². The number of hydrogen-bond acceptors (Lipinski definition) is 1. The maximum atomic E-state index is 11.1. The first kappa shape index (κ1) is 23.8. The number of allylic oxidation sites excluding steroid dienone is 1. The third-order valence-corrected chi connectivity index (χ3v) is 11.4. The lowest BCUT2D eigenvalue weighted by Gasteiger charge is -2.61. The summed E-state index contributed by atoms with van der Waals surface area (Å²) in [6, 6.07) is 0. The number of fused-ring (bicyclic) bond motifs is 5. The van der Waals surface area contributed by atoms with Crippen LogP contribution >= 0.6 is 0 Å². The molecule has 4 aliphatic rings. The molecule has 3 fully saturated rings. The summed E-state index contributed by atoms with van der Waals surface area (Å²) in [7, 11) is 0. The van der Waals surface area contributed by atoms with E-state index in [1.54, 1.807) is 5.57 Å². The third-order valence-electron chi connectivity index (χ3n) is 11.4. The monoisotopic (exact) mass is 428 g/mol. The minimum atomic E-state index is -0.442. The van der Waals surface area contributed by atoms with Gasteiger partial charge >= 0.3 is 0 Å². The lowest BCUT2D eigenvalue weighted by molar-refractivity contribution is -0.0881. The van der Waals surface area contributed by atoms with Gasteiger partial charge in [-0.2, -0.15) is 0 Å². The van der Waals surface area contributed by atoms with Gasteiger partial charge in [0.15, 0.2) is 0 Å². The van der Waals surface area contributed by atoms with Crippen LogP contribution in [0, 0.1) is 51.8 Å². The highest BCUT2D eigenvalue weighted by atomic mass is 16.3. The van der Waals surface area contributed by atoms with Gasteiger partial charge in [0.1, 0.15) is 0 Å². The van der Waals surface area contributed by atoms with Crippen molar-refractivity contribution in [3.05, 3.63) is 11.6 Å². The molecule has 0 aromatic carbocycles. The molecule has 1 nitrogen and oxygen atoms in total. The van der Waals surface area contributed by atoms with E-state index in [1.165, 1.54) is 44.9 Å². The molecule has 0 radical (unpaired) electrons. The van der Waals surface area contributed by atoms with Gasteiger partial charge in [-0.3, -0.25) is 0 Å². The smallest absolute Gasteiger partial charge is 0.0682 e. The molecular weight excluding hydrogens is 376 g/mol. The van der Waals surface area contributed by atoms with Crippen LogP contribution in [0.1, 0.15) is 120 Å². The van der Waals surface area contributed by atoms with E-state index < -0.39 is 5.60 Å². The molecule has 0 saturated heterocycles. The quantitative estimate of drug-likeness (QED) is 0.445. The molecule has 1 heteroatoms. The Balaban J connectivity index is 1.57. The second-order valence-electron chi connectivity index (χ2n) is 14.3. The van der Waals surface area contributed by atoms with Gasteiger partial charge in [-0.15, -0.1) is 0 Å². The van der Waals surface area contributed by atoms with Crippen LogP contribution in [-0.2, 0) is 0 Å². The maximum absolute atomic E-state index is 11.1. The van der Waals surface area contributed by atoms with Crippen molar-refractivity contribution in [2.45, 2.75) is 125 Å². The summed E-state index contributed by atoms with van der Waals surface area (Å²) in [5.74, 6) is 5.07. The third kappa shape index (κ3) is 3.98. The Labute approximate surface area is 193 Å². The van der Waals surface area contributed by atoms with Crippen molar-refractivity contribution >= 4 is 0 Å². The fourth-order valence-corrected chi connectivity index (χ4v) is 9.21. The molecule has 0 bridgehead atoms. The van der Waals surface area contributed by atoms with Crippen LogP contribution in [0.3, 0.4) is 0 Å². The molecule has 1 N–H and O–H groups in total. The first-order valence-corrected chi connectivity index (χ1v) is 13.8. The predicted molar refractivity (Wildman–Crippen MR) is 133 cm³/mol.